The van der Waals surface area contributed by atoms with Gasteiger partial charge in [-0.2, -0.15) is 0 Å². The lowest BCUT2D eigenvalue weighted by Gasteiger charge is -2.02. The molecule has 0 unspecified atom stereocenters. The number of carbonyl (C=O) groups is 1. The molecule has 0 atom stereocenters. The monoisotopic (exact) mass is 298 g/mol. The lowest BCUT2D eigenvalue weighted by Crippen LogP contribution is -2.28. The molecule has 8 nitrogen and oxygen atoms in total. The Bertz CT molecular complexity index is 765. The van der Waals surface area contributed by atoms with Gasteiger partial charge in [-0.05, 0) is 19.1 Å². The van der Waals surface area contributed by atoms with Gasteiger partial charge in [0, 0.05) is 6.07 Å². The maximum atomic E-state index is 11.7. The van der Waals surface area contributed by atoms with Crippen molar-refractivity contribution in [1.82, 2.24) is 25.5 Å². The van der Waals surface area contributed by atoms with Crippen molar-refractivity contribution in [1.29, 1.82) is 0 Å². The smallest absolute Gasteiger partial charge is 0.320 e. The maximum absolute atomic E-state index is 11.7. The molecule has 2 heterocycles. The molecule has 3 aromatic rings. The Morgan fingerprint density at radius 3 is 2.86 bits per heavy atom. The van der Waals surface area contributed by atoms with E-state index < -0.39 is 0 Å². The number of amides is 2. The van der Waals surface area contributed by atoms with E-state index >= 15 is 0 Å². The minimum Gasteiger partial charge on any atom is -0.360 e. The predicted octanol–water partition coefficient (Wildman–Crippen LogP) is 1.89. The highest BCUT2D eigenvalue weighted by atomic mass is 16.5. The SMILES string of the molecule is Cc1cc(NC(=O)NCc2cn(-c3ccccc3)nn2)no1. The first-order valence-electron chi connectivity index (χ1n) is 6.65. The van der Waals surface area contributed by atoms with Crippen LogP contribution in [-0.2, 0) is 6.54 Å². The molecule has 0 aliphatic rings. The average molecular weight is 298 g/mol. The normalized spacial score (nSPS) is 10.4. The van der Waals surface area contributed by atoms with Crippen LogP contribution < -0.4 is 10.6 Å². The zero-order valence-electron chi connectivity index (χ0n) is 11.9. The number of nitrogens with one attached hydrogen (secondary N) is 2. The standard InChI is InChI=1S/C14H14N6O2/c1-10-7-13(18-22-10)16-14(21)15-8-11-9-20(19-17-11)12-5-3-2-4-6-12/h2-7,9H,8H2,1H3,(H2,15,16,18,21). The van der Waals surface area contributed by atoms with E-state index in [1.54, 1.807) is 23.9 Å². The van der Waals surface area contributed by atoms with Crippen LogP contribution in [0.5, 0.6) is 0 Å². The van der Waals surface area contributed by atoms with Crippen LogP contribution in [0.3, 0.4) is 0 Å². The summed E-state index contributed by atoms with van der Waals surface area (Å²) in [7, 11) is 0. The summed E-state index contributed by atoms with van der Waals surface area (Å²) < 4.78 is 6.51. The molecule has 0 fully saturated rings. The van der Waals surface area contributed by atoms with E-state index in [9.17, 15) is 4.79 Å². The third-order valence-corrected chi connectivity index (χ3v) is 2.86. The van der Waals surface area contributed by atoms with Crippen LogP contribution in [0.15, 0.2) is 47.1 Å². The first kappa shape index (κ1) is 13.8. The Morgan fingerprint density at radius 2 is 2.14 bits per heavy atom. The van der Waals surface area contributed by atoms with Crippen molar-refractivity contribution >= 4 is 11.8 Å². The van der Waals surface area contributed by atoms with Gasteiger partial charge in [-0.25, -0.2) is 9.48 Å². The van der Waals surface area contributed by atoms with E-state index in [0.29, 0.717) is 17.3 Å². The highest BCUT2D eigenvalue weighted by molar-refractivity contribution is 5.88. The van der Waals surface area contributed by atoms with Crippen LogP contribution in [0, 0.1) is 6.92 Å². The molecule has 1 aromatic carbocycles. The summed E-state index contributed by atoms with van der Waals surface area (Å²) in [6.45, 7) is 2.01. The Morgan fingerprint density at radius 1 is 1.32 bits per heavy atom. The molecule has 0 radical (unpaired) electrons. The number of rotatable bonds is 4. The Hall–Kier alpha value is -3.16. The highest BCUT2D eigenvalue weighted by Crippen LogP contribution is 2.07. The Kier molecular flexibility index (Phi) is 3.82. The number of para-hydroxylation sites is 1. The fourth-order valence-corrected chi connectivity index (χ4v) is 1.84. The number of anilines is 1. The molecule has 2 N–H and O–H groups in total. The summed E-state index contributed by atoms with van der Waals surface area (Å²) in [5.41, 5.74) is 1.55. The van der Waals surface area contributed by atoms with Gasteiger partial charge in [0.1, 0.15) is 11.5 Å². The van der Waals surface area contributed by atoms with Gasteiger partial charge in [0.2, 0.25) is 0 Å². The van der Waals surface area contributed by atoms with Crippen molar-refractivity contribution in [3.8, 4) is 5.69 Å². The third kappa shape index (κ3) is 3.29. The van der Waals surface area contributed by atoms with Crippen LogP contribution in [-0.4, -0.2) is 26.2 Å². The van der Waals surface area contributed by atoms with Crippen molar-refractivity contribution in [2.24, 2.45) is 0 Å². The molecule has 112 valence electrons. The van der Waals surface area contributed by atoms with Gasteiger partial charge in [-0.15, -0.1) is 5.10 Å². The Labute approximate surface area is 126 Å². The van der Waals surface area contributed by atoms with E-state index in [2.05, 4.69) is 26.1 Å². The first-order chi connectivity index (χ1) is 10.7. The number of aryl methyl sites for hydroxylation is 1. The topological polar surface area (TPSA) is 97.9 Å². The van der Waals surface area contributed by atoms with Crippen LogP contribution in [0.1, 0.15) is 11.5 Å². The van der Waals surface area contributed by atoms with Gasteiger partial charge < -0.3 is 9.84 Å². The highest BCUT2D eigenvalue weighted by Gasteiger charge is 2.07. The maximum Gasteiger partial charge on any atom is 0.320 e. The zero-order valence-corrected chi connectivity index (χ0v) is 11.9. The molecule has 0 saturated heterocycles. The Balaban J connectivity index is 1.56. The van der Waals surface area contributed by atoms with Crippen LogP contribution in [0.4, 0.5) is 10.6 Å². The fourth-order valence-electron chi connectivity index (χ4n) is 1.84. The van der Waals surface area contributed by atoms with Crippen molar-refractivity contribution in [2.45, 2.75) is 13.5 Å². The van der Waals surface area contributed by atoms with Crippen LogP contribution in [0.2, 0.25) is 0 Å². The second kappa shape index (κ2) is 6.08. The number of urea groups is 1. The van der Waals surface area contributed by atoms with Gasteiger partial charge in [0.15, 0.2) is 5.82 Å². The molecule has 0 aliphatic carbocycles. The first-order valence-corrected chi connectivity index (χ1v) is 6.65. The van der Waals surface area contributed by atoms with Gasteiger partial charge in [0.05, 0.1) is 18.4 Å². The number of hydrogen-bond donors (Lipinski definition) is 2. The quantitative estimate of drug-likeness (QED) is 0.766. The molecular formula is C14H14N6O2. The molecule has 0 spiro atoms. The van der Waals surface area contributed by atoms with Crippen molar-refractivity contribution in [3.63, 3.8) is 0 Å². The number of benzene rings is 1. The van der Waals surface area contributed by atoms with Gasteiger partial charge in [-0.1, -0.05) is 28.6 Å². The second-order valence-electron chi connectivity index (χ2n) is 4.62. The molecule has 0 bridgehead atoms. The molecule has 0 saturated carbocycles. The molecule has 3 rings (SSSR count). The van der Waals surface area contributed by atoms with E-state index in [0.717, 1.165) is 5.69 Å². The van der Waals surface area contributed by atoms with E-state index in [4.69, 9.17) is 4.52 Å². The molecule has 22 heavy (non-hydrogen) atoms. The molecule has 2 amide bonds. The van der Waals surface area contributed by atoms with Crippen molar-refractivity contribution in [2.75, 3.05) is 5.32 Å². The summed E-state index contributed by atoms with van der Waals surface area (Å²) >= 11 is 0. The van der Waals surface area contributed by atoms with Crippen LogP contribution >= 0.6 is 0 Å². The second-order valence-corrected chi connectivity index (χ2v) is 4.62. The summed E-state index contributed by atoms with van der Waals surface area (Å²) in [4.78, 5) is 11.7. The average Bonchev–Trinajstić information content (AvgIpc) is 3.15. The number of aromatic nitrogens is 4. The zero-order chi connectivity index (χ0) is 15.4. The van der Waals surface area contributed by atoms with Crippen LogP contribution in [0.25, 0.3) is 5.69 Å². The lowest BCUT2D eigenvalue weighted by molar-refractivity contribution is 0.251. The third-order valence-electron chi connectivity index (χ3n) is 2.86. The van der Waals surface area contributed by atoms with Crippen molar-refractivity contribution < 1.29 is 9.32 Å². The summed E-state index contributed by atoms with van der Waals surface area (Å²) in [5.74, 6) is 0.990. The van der Waals surface area contributed by atoms with E-state index in [1.807, 2.05) is 30.3 Å². The largest absolute Gasteiger partial charge is 0.360 e. The summed E-state index contributed by atoms with van der Waals surface area (Å²) in [5, 5.41) is 16.9. The molecular weight excluding hydrogens is 284 g/mol. The molecule has 0 aliphatic heterocycles. The molecule has 2 aromatic heterocycles. The van der Waals surface area contributed by atoms with E-state index in [1.165, 1.54) is 0 Å². The van der Waals surface area contributed by atoms with Crippen molar-refractivity contribution in [3.05, 3.63) is 54.0 Å². The van der Waals surface area contributed by atoms with E-state index in [-0.39, 0.29) is 12.6 Å². The van der Waals surface area contributed by atoms with Gasteiger partial charge in [-0.3, -0.25) is 5.32 Å². The predicted molar refractivity (Wildman–Crippen MR) is 78.5 cm³/mol. The minimum absolute atomic E-state index is 0.259. The fraction of sp³-hybridized carbons (Fsp3) is 0.143. The minimum atomic E-state index is -0.387. The summed E-state index contributed by atoms with van der Waals surface area (Å²) in [6, 6.07) is 10.9. The number of nitrogens with zero attached hydrogens (tertiary/aromatic N) is 4. The number of hydrogen-bond acceptors (Lipinski definition) is 5. The summed E-state index contributed by atoms with van der Waals surface area (Å²) in [6.07, 6.45) is 1.76. The van der Waals surface area contributed by atoms with Gasteiger partial charge in [0.25, 0.3) is 0 Å². The molecule has 8 heteroatoms. The van der Waals surface area contributed by atoms with Gasteiger partial charge >= 0.3 is 6.03 Å². The lowest BCUT2D eigenvalue weighted by atomic mass is 10.3. The number of carbonyl (C=O) groups excluding carboxylic acids is 1.